The lowest BCUT2D eigenvalue weighted by molar-refractivity contribution is 0.585. The third kappa shape index (κ3) is 9.09. The Labute approximate surface area is 110 Å². The fraction of sp³-hybridized carbons (Fsp3) is 0.667. The van der Waals surface area contributed by atoms with Crippen molar-refractivity contribution in [3.63, 3.8) is 0 Å². The van der Waals surface area contributed by atoms with Gasteiger partial charge in [0.25, 0.3) is 0 Å². The molecule has 0 spiro atoms. The first-order valence-electron chi connectivity index (χ1n) is 5.61. The van der Waals surface area contributed by atoms with E-state index >= 15 is 0 Å². The molecule has 18 heavy (non-hydrogen) atoms. The lowest BCUT2D eigenvalue weighted by Crippen LogP contribution is -2.11. The third-order valence-corrected chi connectivity index (χ3v) is 5.30. The van der Waals surface area contributed by atoms with Crippen LogP contribution in [0.25, 0.3) is 0 Å². The van der Waals surface area contributed by atoms with E-state index in [0.29, 0.717) is 25.7 Å². The number of rotatable bonds is 9. The molecule has 0 N–H and O–H groups in total. The molecule has 6 heteroatoms. The van der Waals surface area contributed by atoms with Gasteiger partial charge < -0.3 is 0 Å². The Bertz CT molecular complexity index is 465. The summed E-state index contributed by atoms with van der Waals surface area (Å²) in [7, 11) is -6.27. The first-order chi connectivity index (χ1) is 8.33. The molecule has 0 saturated carbocycles. The van der Waals surface area contributed by atoms with E-state index in [0.717, 1.165) is 0 Å². The summed E-state index contributed by atoms with van der Waals surface area (Å²) in [5.41, 5.74) is 0. The van der Waals surface area contributed by atoms with Gasteiger partial charge in [-0.3, -0.25) is 0 Å². The summed E-state index contributed by atoms with van der Waals surface area (Å²) in [5, 5.41) is 0. The SMILES string of the molecule is C#CCS(=O)(=O)CCCCCCS(=O)(=O)CC#C. The largest absolute Gasteiger partial charge is 0.228 e. The second kappa shape index (κ2) is 8.18. The van der Waals surface area contributed by atoms with E-state index in [1.807, 2.05) is 0 Å². The van der Waals surface area contributed by atoms with E-state index in [2.05, 4.69) is 11.8 Å². The molecular formula is C12H18O4S2. The summed E-state index contributed by atoms with van der Waals surface area (Å²) in [6.45, 7) is 0. The normalized spacial score (nSPS) is 11.7. The van der Waals surface area contributed by atoms with Gasteiger partial charge in [0.2, 0.25) is 0 Å². The number of hydrogen-bond acceptors (Lipinski definition) is 4. The highest BCUT2D eigenvalue weighted by Gasteiger charge is 2.09. The Hall–Kier alpha value is -0.980. The Morgan fingerprint density at radius 2 is 1.00 bits per heavy atom. The Kier molecular flexibility index (Phi) is 7.73. The minimum absolute atomic E-state index is 0.0638. The van der Waals surface area contributed by atoms with Crippen LogP contribution in [-0.2, 0) is 19.7 Å². The lowest BCUT2D eigenvalue weighted by Gasteiger charge is -2.02. The molecule has 0 aromatic carbocycles. The van der Waals surface area contributed by atoms with Crippen LogP contribution in [-0.4, -0.2) is 39.8 Å². The fourth-order valence-electron chi connectivity index (χ4n) is 1.40. The zero-order valence-corrected chi connectivity index (χ0v) is 11.9. The molecule has 0 aliphatic rings. The molecule has 0 unspecified atom stereocenters. The van der Waals surface area contributed by atoms with Crippen LogP contribution in [0.1, 0.15) is 25.7 Å². The quantitative estimate of drug-likeness (QED) is 0.462. The molecule has 0 atom stereocenters. The van der Waals surface area contributed by atoms with Gasteiger partial charge in [-0.2, -0.15) is 0 Å². The van der Waals surface area contributed by atoms with Crippen LogP contribution in [0.2, 0.25) is 0 Å². The molecule has 0 aromatic rings. The van der Waals surface area contributed by atoms with Crippen LogP contribution >= 0.6 is 0 Å². The minimum atomic E-state index is -3.14. The summed E-state index contributed by atoms with van der Waals surface area (Å²) in [5.74, 6) is 3.88. The van der Waals surface area contributed by atoms with E-state index in [9.17, 15) is 16.8 Å². The zero-order chi connectivity index (χ0) is 14.1. The molecule has 102 valence electrons. The second-order valence-electron chi connectivity index (χ2n) is 4.01. The second-order valence-corrected chi connectivity index (χ2v) is 8.37. The van der Waals surface area contributed by atoms with Crippen molar-refractivity contribution in [2.24, 2.45) is 0 Å². The van der Waals surface area contributed by atoms with Gasteiger partial charge in [0.1, 0.15) is 11.5 Å². The maximum atomic E-state index is 11.2. The van der Waals surface area contributed by atoms with Gasteiger partial charge in [-0.25, -0.2) is 16.8 Å². The van der Waals surface area contributed by atoms with Crippen LogP contribution in [0, 0.1) is 24.7 Å². The van der Waals surface area contributed by atoms with Gasteiger partial charge in [-0.1, -0.05) is 24.7 Å². The van der Waals surface area contributed by atoms with Crippen molar-refractivity contribution >= 4 is 19.7 Å². The Balaban J connectivity index is 3.72. The van der Waals surface area contributed by atoms with Gasteiger partial charge in [-0.15, -0.1) is 12.8 Å². The molecule has 0 heterocycles. The van der Waals surface area contributed by atoms with Crippen molar-refractivity contribution in [3.05, 3.63) is 0 Å². The van der Waals surface area contributed by atoms with Crippen molar-refractivity contribution < 1.29 is 16.8 Å². The molecule has 4 nitrogen and oxygen atoms in total. The smallest absolute Gasteiger partial charge is 0.161 e. The van der Waals surface area contributed by atoms with E-state index in [4.69, 9.17) is 12.8 Å². The van der Waals surface area contributed by atoms with E-state index in [-0.39, 0.29) is 23.0 Å². The number of terminal acetylenes is 2. The van der Waals surface area contributed by atoms with E-state index < -0.39 is 19.7 Å². The number of hydrogen-bond donors (Lipinski definition) is 0. The van der Waals surface area contributed by atoms with Crippen molar-refractivity contribution in [2.75, 3.05) is 23.0 Å². The summed E-state index contributed by atoms with van der Waals surface area (Å²) < 4.78 is 45.0. The monoisotopic (exact) mass is 290 g/mol. The van der Waals surface area contributed by atoms with Gasteiger partial charge >= 0.3 is 0 Å². The van der Waals surface area contributed by atoms with Gasteiger partial charge in [0.05, 0.1) is 11.5 Å². The van der Waals surface area contributed by atoms with Crippen LogP contribution in [0.4, 0.5) is 0 Å². The van der Waals surface area contributed by atoms with Gasteiger partial charge in [-0.05, 0) is 12.8 Å². The average molecular weight is 290 g/mol. The highest BCUT2D eigenvalue weighted by Crippen LogP contribution is 2.05. The molecule has 0 amide bonds. The zero-order valence-electron chi connectivity index (χ0n) is 10.3. The maximum absolute atomic E-state index is 11.2. The van der Waals surface area contributed by atoms with Crippen molar-refractivity contribution in [1.82, 2.24) is 0 Å². The standard InChI is InChI=1S/C12H18O4S2/c1-3-9-17(13,14)11-7-5-6-8-12-18(15,16)10-4-2/h1-2H,5-12H2. The molecule has 0 aliphatic heterocycles. The van der Waals surface area contributed by atoms with Gasteiger partial charge in [0, 0.05) is 0 Å². The molecule has 0 fully saturated rings. The first kappa shape index (κ1) is 17.0. The Morgan fingerprint density at radius 3 is 1.28 bits per heavy atom. The average Bonchev–Trinajstić information content (AvgIpc) is 2.22. The molecular weight excluding hydrogens is 272 g/mol. The maximum Gasteiger partial charge on any atom is 0.161 e. The third-order valence-electron chi connectivity index (χ3n) is 2.27. The van der Waals surface area contributed by atoms with E-state index in [1.165, 1.54) is 0 Å². The topological polar surface area (TPSA) is 68.3 Å². The van der Waals surface area contributed by atoms with Crippen LogP contribution in [0.5, 0.6) is 0 Å². The minimum Gasteiger partial charge on any atom is -0.228 e. The first-order valence-corrected chi connectivity index (χ1v) is 9.25. The predicted molar refractivity (Wildman–Crippen MR) is 73.4 cm³/mol. The van der Waals surface area contributed by atoms with Crippen molar-refractivity contribution in [2.45, 2.75) is 25.7 Å². The number of sulfone groups is 2. The summed E-state index contributed by atoms with van der Waals surface area (Å²) in [4.78, 5) is 0. The van der Waals surface area contributed by atoms with Crippen LogP contribution < -0.4 is 0 Å². The molecule has 0 aromatic heterocycles. The molecule has 0 saturated heterocycles. The summed E-state index contributed by atoms with van der Waals surface area (Å²) in [6, 6.07) is 0. The van der Waals surface area contributed by atoms with Crippen molar-refractivity contribution in [3.8, 4) is 24.7 Å². The fourth-order valence-corrected chi connectivity index (χ4v) is 3.48. The summed E-state index contributed by atoms with van der Waals surface area (Å²) >= 11 is 0. The molecule has 0 rings (SSSR count). The van der Waals surface area contributed by atoms with Crippen LogP contribution in [0.3, 0.4) is 0 Å². The number of unbranched alkanes of at least 4 members (excludes halogenated alkanes) is 3. The summed E-state index contributed by atoms with van der Waals surface area (Å²) in [6.07, 6.45) is 12.2. The molecule has 0 bridgehead atoms. The molecule has 0 radical (unpaired) electrons. The highest BCUT2D eigenvalue weighted by molar-refractivity contribution is 7.91. The van der Waals surface area contributed by atoms with Gasteiger partial charge in [0.15, 0.2) is 19.7 Å². The highest BCUT2D eigenvalue weighted by atomic mass is 32.2. The van der Waals surface area contributed by atoms with Crippen molar-refractivity contribution in [1.29, 1.82) is 0 Å². The Morgan fingerprint density at radius 1 is 0.667 bits per heavy atom. The lowest BCUT2D eigenvalue weighted by atomic mass is 10.2. The van der Waals surface area contributed by atoms with Crippen LogP contribution in [0.15, 0.2) is 0 Å². The predicted octanol–water partition coefficient (Wildman–Crippen LogP) is 0.643. The molecule has 0 aliphatic carbocycles. The van der Waals surface area contributed by atoms with E-state index in [1.54, 1.807) is 0 Å².